The molecule has 33 heavy (non-hydrogen) atoms. The third-order valence-corrected chi connectivity index (χ3v) is 5.34. The molecule has 0 radical (unpaired) electrons. The number of aromatic hydroxyl groups is 1. The first-order chi connectivity index (χ1) is 15.9. The number of fused-ring (bicyclic) bond motifs is 1. The minimum absolute atomic E-state index is 0.110. The zero-order chi connectivity index (χ0) is 24.4. The molecule has 2 aromatic heterocycles. The van der Waals surface area contributed by atoms with Crippen molar-refractivity contribution < 1.29 is 9.90 Å². The fourth-order valence-electron chi connectivity index (χ4n) is 2.88. The number of carbonyl (C=O) groups is 1. The summed E-state index contributed by atoms with van der Waals surface area (Å²) in [6.07, 6.45) is 2.82. The highest BCUT2D eigenvalue weighted by atomic mass is 32.1. The number of nitrogens with one attached hydrogen (secondary N) is 2. The Kier molecular flexibility index (Phi) is 9.62. The Morgan fingerprint density at radius 2 is 1.82 bits per heavy atom. The molecular formula is C25H31N5O2S. The van der Waals surface area contributed by atoms with Crippen molar-refractivity contribution in [3.63, 3.8) is 0 Å². The molecular weight excluding hydrogens is 434 g/mol. The minimum Gasteiger partial charge on any atom is -0.507 e. The highest BCUT2D eigenvalue weighted by Gasteiger charge is 2.12. The third-order valence-electron chi connectivity index (χ3n) is 4.22. The van der Waals surface area contributed by atoms with E-state index in [0.717, 1.165) is 21.3 Å². The quantitative estimate of drug-likeness (QED) is 0.267. The number of carbonyl (C=O) groups excluding carboxylic acids is 1. The van der Waals surface area contributed by atoms with Crippen LogP contribution in [0.5, 0.6) is 5.75 Å². The molecule has 0 aliphatic rings. The lowest BCUT2D eigenvalue weighted by atomic mass is 10.0. The van der Waals surface area contributed by atoms with Gasteiger partial charge in [-0.25, -0.2) is 4.98 Å². The molecule has 5 N–H and O–H groups in total. The number of nitrogens with two attached hydrogens (primary N) is 1. The van der Waals surface area contributed by atoms with Crippen LogP contribution >= 0.6 is 11.3 Å². The van der Waals surface area contributed by atoms with Crippen LogP contribution in [0.3, 0.4) is 0 Å². The number of phenols is 1. The van der Waals surface area contributed by atoms with Crippen molar-refractivity contribution >= 4 is 44.8 Å². The summed E-state index contributed by atoms with van der Waals surface area (Å²) >= 11 is 1.43. The van der Waals surface area contributed by atoms with Crippen LogP contribution in [0.25, 0.3) is 21.2 Å². The second-order valence-electron chi connectivity index (χ2n) is 6.81. The number of amides is 1. The summed E-state index contributed by atoms with van der Waals surface area (Å²) < 4.78 is 1.01. The van der Waals surface area contributed by atoms with Crippen molar-refractivity contribution in [3.05, 3.63) is 59.6 Å². The lowest BCUT2D eigenvalue weighted by Crippen LogP contribution is -2.15. The molecule has 0 aliphatic carbocycles. The molecule has 0 spiro atoms. The van der Waals surface area contributed by atoms with Gasteiger partial charge in [-0.05, 0) is 53.4 Å². The number of phenolic OH excluding ortho intramolecular Hbond substituents is 1. The second-order valence-corrected chi connectivity index (χ2v) is 7.89. The van der Waals surface area contributed by atoms with E-state index in [1.54, 1.807) is 31.4 Å². The van der Waals surface area contributed by atoms with Crippen LogP contribution in [0.1, 0.15) is 43.8 Å². The number of rotatable bonds is 4. The number of benzene rings is 2. The highest BCUT2D eigenvalue weighted by molar-refractivity contribution is 7.20. The van der Waals surface area contributed by atoms with Crippen molar-refractivity contribution in [1.82, 2.24) is 15.3 Å². The Hall–Kier alpha value is -3.65. The first kappa shape index (κ1) is 25.6. The SMILES string of the molecule is CC.CCC.CNC(=O)c1cc2cc(-c3cc(Nc4ccnc(N)n4)ccc3O)ccc2s1. The lowest BCUT2D eigenvalue weighted by molar-refractivity contribution is 0.0967. The summed E-state index contributed by atoms with van der Waals surface area (Å²) in [5.74, 6) is 0.793. The average molecular weight is 466 g/mol. The van der Waals surface area contributed by atoms with E-state index in [9.17, 15) is 9.90 Å². The fourth-order valence-corrected chi connectivity index (χ4v) is 3.87. The van der Waals surface area contributed by atoms with Crippen LogP contribution in [0.2, 0.25) is 0 Å². The van der Waals surface area contributed by atoms with Gasteiger partial charge >= 0.3 is 0 Å². The summed E-state index contributed by atoms with van der Waals surface area (Å²) in [7, 11) is 1.61. The maximum absolute atomic E-state index is 11.9. The van der Waals surface area contributed by atoms with Gasteiger partial charge < -0.3 is 21.5 Å². The van der Waals surface area contributed by atoms with Crippen LogP contribution in [-0.4, -0.2) is 28.0 Å². The molecule has 0 saturated carbocycles. The largest absolute Gasteiger partial charge is 0.507 e. The summed E-state index contributed by atoms with van der Waals surface area (Å²) in [6, 6.07) is 14.6. The van der Waals surface area contributed by atoms with Crippen molar-refractivity contribution in [2.45, 2.75) is 34.1 Å². The molecule has 4 rings (SSSR count). The summed E-state index contributed by atoms with van der Waals surface area (Å²) in [5.41, 5.74) is 7.88. The summed E-state index contributed by atoms with van der Waals surface area (Å²) in [4.78, 5) is 20.5. The van der Waals surface area contributed by atoms with E-state index in [4.69, 9.17) is 5.73 Å². The first-order valence-electron chi connectivity index (χ1n) is 10.9. The zero-order valence-corrected chi connectivity index (χ0v) is 20.5. The molecule has 0 fully saturated rings. The number of nitrogen functional groups attached to an aromatic ring is 1. The van der Waals surface area contributed by atoms with E-state index < -0.39 is 0 Å². The van der Waals surface area contributed by atoms with Crippen molar-refractivity contribution in [1.29, 1.82) is 0 Å². The van der Waals surface area contributed by atoms with E-state index in [2.05, 4.69) is 34.4 Å². The molecule has 7 nitrogen and oxygen atoms in total. The second kappa shape index (κ2) is 12.4. The van der Waals surface area contributed by atoms with Gasteiger partial charge in [-0.3, -0.25) is 4.79 Å². The van der Waals surface area contributed by atoms with Gasteiger partial charge in [-0.15, -0.1) is 11.3 Å². The van der Waals surface area contributed by atoms with Crippen molar-refractivity contribution in [2.75, 3.05) is 18.1 Å². The predicted octanol–water partition coefficient (Wildman–Crippen LogP) is 6.19. The highest BCUT2D eigenvalue weighted by Crippen LogP contribution is 2.36. The molecule has 0 bridgehead atoms. The Balaban J connectivity index is 0.000000714. The van der Waals surface area contributed by atoms with Crippen LogP contribution < -0.4 is 16.4 Å². The topological polar surface area (TPSA) is 113 Å². The van der Waals surface area contributed by atoms with E-state index in [1.807, 2.05) is 44.2 Å². The predicted molar refractivity (Wildman–Crippen MR) is 139 cm³/mol. The molecule has 8 heteroatoms. The van der Waals surface area contributed by atoms with Crippen LogP contribution in [0.4, 0.5) is 17.5 Å². The van der Waals surface area contributed by atoms with Gasteiger partial charge in [0.05, 0.1) is 4.88 Å². The molecule has 1 amide bonds. The first-order valence-corrected chi connectivity index (χ1v) is 11.7. The maximum atomic E-state index is 11.9. The van der Waals surface area contributed by atoms with Gasteiger partial charge in [-0.2, -0.15) is 4.98 Å². The molecule has 2 aromatic carbocycles. The van der Waals surface area contributed by atoms with Crippen LogP contribution in [-0.2, 0) is 0 Å². The van der Waals surface area contributed by atoms with E-state index in [0.29, 0.717) is 16.3 Å². The number of anilines is 3. The number of aromatic nitrogens is 2. The number of hydrogen-bond acceptors (Lipinski definition) is 7. The number of nitrogens with zero attached hydrogens (tertiary/aromatic N) is 2. The van der Waals surface area contributed by atoms with Gasteiger partial charge in [0.2, 0.25) is 5.95 Å². The van der Waals surface area contributed by atoms with Gasteiger partial charge in [0.15, 0.2) is 0 Å². The zero-order valence-electron chi connectivity index (χ0n) is 19.6. The maximum Gasteiger partial charge on any atom is 0.261 e. The van der Waals surface area contributed by atoms with Crippen LogP contribution in [0, 0.1) is 0 Å². The van der Waals surface area contributed by atoms with Gasteiger partial charge in [0.1, 0.15) is 11.6 Å². The number of hydrogen-bond donors (Lipinski definition) is 4. The summed E-state index contributed by atoms with van der Waals surface area (Å²) in [6.45, 7) is 8.25. The molecule has 4 aromatic rings. The summed E-state index contributed by atoms with van der Waals surface area (Å²) in [5, 5.41) is 17.1. The Morgan fingerprint density at radius 3 is 2.48 bits per heavy atom. The standard InChI is InChI=1S/C20H17N5O2S.C3H8.C2H6/c1-22-19(27)17-9-12-8-11(2-5-16(12)28-17)14-10-13(3-4-15(14)26)24-18-6-7-23-20(21)25-18;1-3-2;1-2/h2-10,26H,1H3,(H,22,27)(H3,21,23,24,25);3H2,1-2H3;1-2H3. The monoisotopic (exact) mass is 465 g/mol. The Bertz CT molecular complexity index is 1210. The van der Waals surface area contributed by atoms with Crippen LogP contribution in [0.15, 0.2) is 54.7 Å². The molecule has 0 unspecified atom stereocenters. The van der Waals surface area contributed by atoms with Crippen molar-refractivity contribution in [2.24, 2.45) is 0 Å². The Labute approximate surface area is 198 Å². The number of thiophene rings is 1. The van der Waals surface area contributed by atoms with E-state index in [-0.39, 0.29) is 17.6 Å². The van der Waals surface area contributed by atoms with E-state index in [1.165, 1.54) is 17.8 Å². The smallest absolute Gasteiger partial charge is 0.261 e. The molecule has 0 aliphatic heterocycles. The fraction of sp³-hybridized carbons (Fsp3) is 0.240. The van der Waals surface area contributed by atoms with Gasteiger partial charge in [-0.1, -0.05) is 40.2 Å². The molecule has 0 saturated heterocycles. The third kappa shape index (κ3) is 6.66. The molecule has 174 valence electrons. The van der Waals surface area contributed by atoms with E-state index >= 15 is 0 Å². The van der Waals surface area contributed by atoms with Gasteiger partial charge in [0, 0.05) is 29.2 Å². The average Bonchev–Trinajstić information content (AvgIpc) is 3.25. The normalized spacial score (nSPS) is 9.85. The molecule has 0 atom stereocenters. The van der Waals surface area contributed by atoms with Crippen molar-refractivity contribution in [3.8, 4) is 16.9 Å². The molecule has 2 heterocycles. The minimum atomic E-state index is -0.110. The Morgan fingerprint density at radius 1 is 1.09 bits per heavy atom. The van der Waals surface area contributed by atoms with Gasteiger partial charge in [0.25, 0.3) is 5.91 Å². The lowest BCUT2D eigenvalue weighted by Gasteiger charge is -2.10.